The Hall–Kier alpha value is -4.81. The second kappa shape index (κ2) is 19.3. The highest BCUT2D eigenvalue weighted by molar-refractivity contribution is 7.80. The van der Waals surface area contributed by atoms with Crippen molar-refractivity contribution in [3.05, 3.63) is 0 Å². The van der Waals surface area contributed by atoms with Gasteiger partial charge in [0.15, 0.2) is 11.6 Å². The number of likely N-dealkylation sites (tertiary alicyclic amines) is 2. The van der Waals surface area contributed by atoms with Crippen molar-refractivity contribution >= 4 is 58.0 Å². The van der Waals surface area contributed by atoms with Crippen LogP contribution in [0.4, 0.5) is 19.2 Å². The van der Waals surface area contributed by atoms with Crippen LogP contribution in [0.15, 0.2) is 0 Å². The molecule has 8 amide bonds. The van der Waals surface area contributed by atoms with E-state index in [1.165, 1.54) is 14.7 Å². The molecule has 6 saturated heterocycles. The number of carbonyl (C=O) groups is 8. The lowest BCUT2D eigenvalue weighted by atomic mass is 9.98. The van der Waals surface area contributed by atoms with Gasteiger partial charge in [-0.25, -0.2) is 24.2 Å². The first kappa shape index (κ1) is 48.2. The Morgan fingerprint density at radius 2 is 1.05 bits per heavy atom. The molecular weight excluding hydrogens is 841 g/mol. The van der Waals surface area contributed by atoms with Gasteiger partial charge in [-0.3, -0.25) is 38.7 Å². The molecular formula is C38H60N8O15S. The maximum Gasteiger partial charge on any atom is 0.418 e. The number of nitrogens with one attached hydrogen (secondary N) is 2. The van der Waals surface area contributed by atoms with Crippen LogP contribution in [0.5, 0.6) is 0 Å². The number of fused-ring (bicyclic) bond motifs is 4. The lowest BCUT2D eigenvalue weighted by Crippen LogP contribution is -2.54. The van der Waals surface area contributed by atoms with E-state index in [9.17, 15) is 52.0 Å². The summed E-state index contributed by atoms with van der Waals surface area (Å²) >= 11 is 0. The lowest BCUT2D eigenvalue weighted by molar-refractivity contribution is -0.130. The van der Waals surface area contributed by atoms with Crippen LogP contribution < -0.4 is 10.6 Å². The van der Waals surface area contributed by atoms with Gasteiger partial charge in [-0.1, -0.05) is 0 Å². The number of hydrogen-bond donors (Lipinski definition) is 4. The molecule has 0 aromatic carbocycles. The summed E-state index contributed by atoms with van der Waals surface area (Å²) in [7, 11) is -4.88. The molecule has 6 fully saturated rings. The number of hydroxylamine groups is 4. The normalized spacial score (nSPS) is 26.4. The average Bonchev–Trinajstić information content (AvgIpc) is 3.55. The molecule has 6 heterocycles. The third kappa shape index (κ3) is 12.0. The van der Waals surface area contributed by atoms with Crippen molar-refractivity contribution in [3.8, 4) is 0 Å². The molecule has 0 unspecified atom stereocenters. The molecule has 348 valence electrons. The van der Waals surface area contributed by atoms with Crippen LogP contribution in [-0.4, -0.2) is 182 Å². The lowest BCUT2D eigenvalue weighted by Gasteiger charge is -2.36. The Kier molecular flexibility index (Phi) is 15.0. The van der Waals surface area contributed by atoms with E-state index in [2.05, 4.69) is 14.9 Å². The van der Waals surface area contributed by atoms with Gasteiger partial charge in [0.05, 0.1) is 37.3 Å². The summed E-state index contributed by atoms with van der Waals surface area (Å²) in [6.45, 7) is 11.2. The van der Waals surface area contributed by atoms with Crippen LogP contribution >= 0.6 is 0 Å². The highest BCUT2D eigenvalue weighted by Gasteiger charge is 2.50. The summed E-state index contributed by atoms with van der Waals surface area (Å²) in [6.07, 6.45) is 4.49. The van der Waals surface area contributed by atoms with E-state index in [1.807, 2.05) is 0 Å². The molecule has 6 aliphatic rings. The number of ketones is 2. The SMILES string of the molecule is CC(C)(C)OC(=O)N1CCCC[C@H]1C(=O)CNC(=O)[C@@H]1CC[C@@H]2CN1C(=O)N2O.CC(C)(C)OC(=O)N1CCCC[C@H]1C(=O)CNC(=O)[C@@H]1CC[C@@H]2CN1C(=O)N2OS(=O)(=O)O. The number of rotatable bonds is 10. The molecule has 62 heavy (non-hydrogen) atoms. The molecule has 6 atom stereocenters. The number of piperidine rings is 4. The van der Waals surface area contributed by atoms with Crippen molar-refractivity contribution < 1.29 is 70.3 Å². The van der Waals surface area contributed by atoms with Crippen LogP contribution in [0.25, 0.3) is 0 Å². The van der Waals surface area contributed by atoms with Crippen LogP contribution in [0.1, 0.15) is 106 Å². The fourth-order valence-electron chi connectivity index (χ4n) is 8.46. The molecule has 23 nitrogen and oxygen atoms in total. The van der Waals surface area contributed by atoms with Gasteiger partial charge in [0.1, 0.15) is 23.3 Å². The second-order valence-electron chi connectivity index (χ2n) is 18.3. The van der Waals surface area contributed by atoms with Crippen LogP contribution in [-0.2, 0) is 43.3 Å². The zero-order chi connectivity index (χ0) is 45.9. The first-order valence-electron chi connectivity index (χ1n) is 21.0. The third-order valence-electron chi connectivity index (χ3n) is 11.3. The van der Waals surface area contributed by atoms with Gasteiger partial charge in [0.2, 0.25) is 11.8 Å². The van der Waals surface area contributed by atoms with Crippen LogP contribution in [0.2, 0.25) is 0 Å². The summed E-state index contributed by atoms with van der Waals surface area (Å²) in [5.41, 5.74) is -1.36. The zero-order valence-electron chi connectivity index (χ0n) is 36.1. The topological polar surface area (TPSA) is 282 Å². The van der Waals surface area contributed by atoms with E-state index in [-0.39, 0.29) is 50.1 Å². The van der Waals surface area contributed by atoms with Gasteiger partial charge in [0, 0.05) is 26.2 Å². The summed E-state index contributed by atoms with van der Waals surface area (Å²) in [5.74, 6) is -1.58. The highest BCUT2D eigenvalue weighted by atomic mass is 32.3. The van der Waals surface area contributed by atoms with Gasteiger partial charge in [-0.05, 0) is 106 Å². The Morgan fingerprint density at radius 3 is 1.48 bits per heavy atom. The summed E-state index contributed by atoms with van der Waals surface area (Å²) < 4.78 is 46.0. The molecule has 4 bridgehead atoms. The van der Waals surface area contributed by atoms with Crippen LogP contribution in [0.3, 0.4) is 0 Å². The number of carbonyl (C=O) groups excluding carboxylic acids is 8. The maximum absolute atomic E-state index is 12.8. The maximum atomic E-state index is 12.8. The fraction of sp³-hybridized carbons (Fsp3) is 0.789. The number of urea groups is 2. The smallest absolute Gasteiger partial charge is 0.418 e. The Morgan fingerprint density at radius 1 is 0.629 bits per heavy atom. The zero-order valence-corrected chi connectivity index (χ0v) is 36.9. The predicted molar refractivity (Wildman–Crippen MR) is 213 cm³/mol. The summed E-state index contributed by atoms with van der Waals surface area (Å²) in [4.78, 5) is 106. The van der Waals surface area contributed by atoms with Crippen molar-refractivity contribution in [3.63, 3.8) is 0 Å². The van der Waals surface area contributed by atoms with Crippen molar-refractivity contribution in [2.24, 2.45) is 0 Å². The molecule has 24 heteroatoms. The molecule has 0 radical (unpaired) electrons. The molecule has 0 aromatic heterocycles. The van der Waals surface area contributed by atoms with E-state index < -0.39 is 87.9 Å². The van der Waals surface area contributed by atoms with Gasteiger partial charge < -0.3 is 29.9 Å². The number of Topliss-reactive ketones (excluding diaryl/α,β-unsaturated/α-hetero) is 2. The van der Waals surface area contributed by atoms with E-state index in [0.29, 0.717) is 55.4 Å². The Bertz CT molecular complexity index is 1870. The van der Waals surface area contributed by atoms with Crippen LogP contribution in [0, 0.1) is 0 Å². The van der Waals surface area contributed by atoms with Gasteiger partial charge >= 0.3 is 34.6 Å². The van der Waals surface area contributed by atoms with E-state index >= 15 is 0 Å². The third-order valence-corrected chi connectivity index (χ3v) is 11.7. The Labute approximate surface area is 360 Å². The number of amides is 8. The Balaban J connectivity index is 0.000000236. The van der Waals surface area contributed by atoms with Gasteiger partial charge in [0.25, 0.3) is 0 Å². The molecule has 0 saturated carbocycles. The molecule has 4 N–H and O–H groups in total. The standard InChI is InChI=1S/C19H30N4O9S.C19H30N4O6/c1-19(2,3)31-18(27)21-9-5-4-6-13(21)15(24)10-20-16(25)14-8-7-12-11-22(14)17(26)23(12)32-33(28,29)30;1-19(2,3)29-18(27)21-9-5-4-6-13(21)15(24)10-20-16(25)14-8-7-12-11-22(14)17(26)23(12)28/h12-14H,4-11H2,1-3H3,(H,20,25)(H,28,29,30);12-14,28H,4-11H2,1-3H3,(H,20,25)/t2*12-,13+,14+/m11/s1. The summed E-state index contributed by atoms with van der Waals surface area (Å²) in [5, 5.41) is 16.1. The van der Waals surface area contributed by atoms with Crippen molar-refractivity contribution in [1.82, 2.24) is 40.4 Å². The molecule has 6 rings (SSSR count). The van der Waals surface area contributed by atoms with Gasteiger partial charge in [-0.2, -0.15) is 13.5 Å². The van der Waals surface area contributed by atoms with Crippen molar-refractivity contribution in [1.29, 1.82) is 0 Å². The molecule has 0 aliphatic carbocycles. The average molecular weight is 901 g/mol. The van der Waals surface area contributed by atoms with Crippen molar-refractivity contribution in [2.75, 3.05) is 39.3 Å². The van der Waals surface area contributed by atoms with Gasteiger partial charge in [-0.15, -0.1) is 4.28 Å². The largest absolute Gasteiger partial charge is 0.444 e. The van der Waals surface area contributed by atoms with E-state index in [1.54, 1.807) is 41.5 Å². The second-order valence-corrected chi connectivity index (χ2v) is 19.3. The molecule has 0 spiro atoms. The number of ether oxygens (including phenoxy) is 2. The summed E-state index contributed by atoms with van der Waals surface area (Å²) in [6, 6.07) is -5.28. The quantitative estimate of drug-likeness (QED) is 0.179. The highest BCUT2D eigenvalue weighted by Crippen LogP contribution is 2.31. The van der Waals surface area contributed by atoms with E-state index in [4.69, 9.17) is 14.0 Å². The van der Waals surface area contributed by atoms with E-state index in [0.717, 1.165) is 30.6 Å². The minimum atomic E-state index is -4.88. The predicted octanol–water partition coefficient (Wildman–Crippen LogP) is 1.58. The number of hydrogen-bond acceptors (Lipinski definition) is 14. The first-order valence-corrected chi connectivity index (χ1v) is 22.4. The number of nitrogens with zero attached hydrogens (tertiary/aromatic N) is 6. The minimum Gasteiger partial charge on any atom is -0.444 e. The molecule has 0 aromatic rings. The minimum absolute atomic E-state index is 0.0510. The molecule has 6 aliphatic heterocycles. The van der Waals surface area contributed by atoms with Crippen molar-refractivity contribution in [2.45, 2.75) is 153 Å². The fourth-order valence-corrected chi connectivity index (χ4v) is 8.85. The monoisotopic (exact) mass is 900 g/mol. The first-order chi connectivity index (χ1) is 28.8.